The van der Waals surface area contributed by atoms with Gasteiger partial charge in [0.05, 0.1) is 106 Å². The molecule has 476 valence electrons. The zero-order valence-electron chi connectivity index (χ0n) is 55.4. The highest BCUT2D eigenvalue weighted by molar-refractivity contribution is 5.57. The first-order chi connectivity index (χ1) is 42.3. The van der Waals surface area contributed by atoms with Crippen LogP contribution in [-0.4, -0.2) is 106 Å². The maximum Gasteiger partial charge on any atom is 0.126 e. The van der Waals surface area contributed by atoms with Crippen molar-refractivity contribution in [1.82, 2.24) is 0 Å². The average Bonchev–Trinajstić information content (AvgIpc) is 1.70. The first kappa shape index (κ1) is 63.1. The smallest absolute Gasteiger partial charge is 0.126 e. The molecular formula is C78H98O11. The molecule has 6 aromatic carbocycles. The van der Waals surface area contributed by atoms with Crippen molar-refractivity contribution in [3.63, 3.8) is 0 Å². The fraction of sp³-hybridized carbons (Fsp3) is 0.538. The second-order valence-electron chi connectivity index (χ2n) is 31.5. The molecule has 11 heteroatoms. The van der Waals surface area contributed by atoms with Crippen molar-refractivity contribution in [3.8, 4) is 34.5 Å². The summed E-state index contributed by atoms with van der Waals surface area (Å²) in [5.74, 6) is 5.23. The Hall–Kier alpha value is -6.08. The Kier molecular flexibility index (Phi) is 17.4. The van der Waals surface area contributed by atoms with Gasteiger partial charge in [-0.1, -0.05) is 162 Å². The van der Waals surface area contributed by atoms with Crippen LogP contribution in [0.2, 0.25) is 0 Å². The molecule has 6 fully saturated rings. The molecule has 5 saturated heterocycles. The van der Waals surface area contributed by atoms with E-state index < -0.39 is 5.41 Å². The lowest BCUT2D eigenvalue weighted by Gasteiger charge is -2.38. The van der Waals surface area contributed by atoms with Crippen molar-refractivity contribution in [2.45, 2.75) is 131 Å². The van der Waals surface area contributed by atoms with Gasteiger partial charge in [0, 0.05) is 61.6 Å². The van der Waals surface area contributed by atoms with Crippen LogP contribution in [0.15, 0.2) is 121 Å². The highest BCUT2D eigenvalue weighted by Gasteiger charge is 2.40. The summed E-state index contributed by atoms with van der Waals surface area (Å²) in [5.41, 5.74) is 10.4. The Morgan fingerprint density at radius 2 is 0.573 bits per heavy atom. The largest absolute Gasteiger partial charge is 0.493 e. The summed E-state index contributed by atoms with van der Waals surface area (Å²) in [6.07, 6.45) is 4.83. The van der Waals surface area contributed by atoms with Gasteiger partial charge in [-0.3, -0.25) is 0 Å². The van der Waals surface area contributed by atoms with Crippen molar-refractivity contribution >= 4 is 0 Å². The van der Waals surface area contributed by atoms with E-state index in [1.165, 1.54) is 52.6 Å². The molecule has 0 spiro atoms. The summed E-state index contributed by atoms with van der Waals surface area (Å²) in [5, 5.41) is 0. The van der Waals surface area contributed by atoms with E-state index in [4.69, 9.17) is 52.1 Å². The van der Waals surface area contributed by atoms with Crippen molar-refractivity contribution in [3.05, 3.63) is 177 Å². The molecule has 1 aliphatic carbocycles. The summed E-state index contributed by atoms with van der Waals surface area (Å²) in [7, 11) is 0. The monoisotopic (exact) mass is 1210 g/mol. The molecule has 0 bridgehead atoms. The SMILES string of the molecule is CC1(COc2ccc(C(C)(C)c3ccc(OCC4(C)COC4)c(Cc4cc(C(C)(C)c5ccc(OCC6(C)COC6)cc5)cc(Cc5cc(C(C)(C)c6ccc(OCC7(C)COC7)cc6)ccc5OCC5(C)COC5)c4OCC4(C)COC4)c3)cc2)CCC1. The summed E-state index contributed by atoms with van der Waals surface area (Å²) < 4.78 is 69.0. The van der Waals surface area contributed by atoms with E-state index in [-0.39, 0.29) is 43.3 Å². The fourth-order valence-corrected chi connectivity index (χ4v) is 13.0. The van der Waals surface area contributed by atoms with Gasteiger partial charge in [-0.2, -0.15) is 0 Å². The number of hydrogen-bond donors (Lipinski definition) is 0. The van der Waals surface area contributed by atoms with E-state index in [1.807, 2.05) is 0 Å². The van der Waals surface area contributed by atoms with Gasteiger partial charge in [0.25, 0.3) is 0 Å². The van der Waals surface area contributed by atoms with Crippen molar-refractivity contribution in [2.75, 3.05) is 106 Å². The highest BCUT2D eigenvalue weighted by Crippen LogP contribution is 2.46. The summed E-state index contributed by atoms with van der Waals surface area (Å²) in [4.78, 5) is 0. The quantitative estimate of drug-likeness (QED) is 0.0469. The lowest BCUT2D eigenvalue weighted by atomic mass is 9.71. The van der Waals surface area contributed by atoms with Gasteiger partial charge >= 0.3 is 0 Å². The van der Waals surface area contributed by atoms with Gasteiger partial charge in [0.1, 0.15) is 34.5 Å². The van der Waals surface area contributed by atoms with E-state index in [1.54, 1.807) is 0 Å². The number of benzene rings is 6. The Bertz CT molecular complexity index is 3250. The molecule has 6 aliphatic rings. The maximum atomic E-state index is 7.45. The van der Waals surface area contributed by atoms with E-state index >= 15 is 0 Å². The zero-order chi connectivity index (χ0) is 62.5. The van der Waals surface area contributed by atoms with Crippen LogP contribution in [0.5, 0.6) is 34.5 Å². The van der Waals surface area contributed by atoms with Crippen molar-refractivity contribution < 1.29 is 52.1 Å². The van der Waals surface area contributed by atoms with Gasteiger partial charge in [0.15, 0.2) is 0 Å². The highest BCUT2D eigenvalue weighted by atomic mass is 16.5. The van der Waals surface area contributed by atoms with Crippen LogP contribution in [0.1, 0.15) is 158 Å². The number of ether oxygens (including phenoxy) is 11. The molecular weight excluding hydrogens is 1110 g/mol. The molecule has 0 unspecified atom stereocenters. The van der Waals surface area contributed by atoms with Crippen LogP contribution in [0.3, 0.4) is 0 Å². The molecule has 0 radical (unpaired) electrons. The molecule has 5 heterocycles. The van der Waals surface area contributed by atoms with Gasteiger partial charge in [-0.25, -0.2) is 0 Å². The summed E-state index contributed by atoms with van der Waals surface area (Å²) in [6, 6.07) is 44.6. The fourth-order valence-electron chi connectivity index (χ4n) is 13.0. The van der Waals surface area contributed by atoms with Gasteiger partial charge < -0.3 is 52.1 Å². The van der Waals surface area contributed by atoms with Crippen molar-refractivity contribution in [1.29, 1.82) is 0 Å². The minimum absolute atomic E-state index is 0.0319. The third-order valence-electron chi connectivity index (χ3n) is 20.6. The standard InChI is InChI=1S/C78H98O11/c1-70(2,58-14-22-64(23-15-58)84-48-73(7)30-13-31-73)61-20-28-67(87-51-76(10)42-81-43-76)54(34-61)32-56-36-63(72(5,6)60-18-26-66(27-19-60)86-50-75(9)40-80-41-75)37-57(69(56)89-53-78(12)46-83-47-78)33-55-35-62(21-29-68(55)88-52-77(11)44-82-45-77)71(3,4)59-16-24-65(25-17-59)85-49-74(8)38-79-39-74/h14-29,34-37H,13,30-33,38-53H2,1-12H3. The molecule has 0 atom stereocenters. The van der Waals surface area contributed by atoms with Gasteiger partial charge in [-0.05, 0) is 117 Å². The summed E-state index contributed by atoms with van der Waals surface area (Å²) >= 11 is 0. The third-order valence-corrected chi connectivity index (χ3v) is 20.6. The topological polar surface area (TPSA) is 102 Å². The molecule has 0 N–H and O–H groups in total. The van der Waals surface area contributed by atoms with E-state index in [9.17, 15) is 0 Å². The Balaban J connectivity index is 0.959. The Morgan fingerprint density at radius 1 is 0.303 bits per heavy atom. The van der Waals surface area contributed by atoms with Crippen LogP contribution >= 0.6 is 0 Å². The van der Waals surface area contributed by atoms with Crippen LogP contribution < -0.4 is 28.4 Å². The molecule has 0 amide bonds. The molecule has 0 aromatic heterocycles. The molecule has 1 saturated carbocycles. The van der Waals surface area contributed by atoms with Gasteiger partial charge in [-0.15, -0.1) is 0 Å². The first-order valence-electron chi connectivity index (χ1n) is 32.7. The van der Waals surface area contributed by atoms with Crippen LogP contribution in [0.4, 0.5) is 0 Å². The molecule has 89 heavy (non-hydrogen) atoms. The summed E-state index contributed by atoms with van der Waals surface area (Å²) in [6.45, 7) is 37.9. The molecule has 12 rings (SSSR count). The Labute approximate surface area is 530 Å². The minimum Gasteiger partial charge on any atom is -0.493 e. The lowest BCUT2D eigenvalue weighted by Crippen LogP contribution is -2.44. The van der Waals surface area contributed by atoms with Crippen molar-refractivity contribution in [2.24, 2.45) is 32.5 Å². The van der Waals surface area contributed by atoms with Gasteiger partial charge in [0.2, 0.25) is 0 Å². The predicted molar refractivity (Wildman–Crippen MR) is 350 cm³/mol. The van der Waals surface area contributed by atoms with E-state index in [0.29, 0.717) is 98.7 Å². The number of hydrogen-bond acceptors (Lipinski definition) is 11. The lowest BCUT2D eigenvalue weighted by molar-refractivity contribution is -0.120. The normalized spacial score (nSPS) is 20.0. The second kappa shape index (κ2) is 24.5. The third kappa shape index (κ3) is 13.9. The maximum absolute atomic E-state index is 7.45. The van der Waals surface area contributed by atoms with Crippen LogP contribution in [0.25, 0.3) is 0 Å². The van der Waals surface area contributed by atoms with E-state index in [2.05, 4.69) is 204 Å². The minimum atomic E-state index is -0.461. The number of rotatable bonds is 28. The first-order valence-corrected chi connectivity index (χ1v) is 32.7. The molecule has 5 aliphatic heterocycles. The molecule has 6 aromatic rings. The zero-order valence-corrected chi connectivity index (χ0v) is 55.4. The van der Waals surface area contributed by atoms with Crippen LogP contribution in [-0.2, 0) is 52.8 Å². The second-order valence-corrected chi connectivity index (χ2v) is 31.5. The molecule has 11 nitrogen and oxygen atoms in total. The van der Waals surface area contributed by atoms with Crippen LogP contribution in [0, 0.1) is 32.5 Å². The Morgan fingerprint density at radius 3 is 0.865 bits per heavy atom. The average molecular weight is 1210 g/mol. The van der Waals surface area contributed by atoms with E-state index in [0.717, 1.165) is 76.6 Å². The predicted octanol–water partition coefficient (Wildman–Crippen LogP) is 15.5.